The quantitative estimate of drug-likeness (QED) is 0.868. The molecule has 0 aliphatic carbocycles. The highest BCUT2D eigenvalue weighted by atomic mass is 16.7. The summed E-state index contributed by atoms with van der Waals surface area (Å²) < 4.78 is 12.0. The summed E-state index contributed by atoms with van der Waals surface area (Å²) in [6.45, 7) is 9.33. The molecule has 1 atom stereocenters. The van der Waals surface area contributed by atoms with Gasteiger partial charge in [-0.3, -0.25) is 4.98 Å². The minimum atomic E-state index is -0.308. The molecule has 3 rings (SSSR count). The van der Waals surface area contributed by atoms with Crippen LogP contribution in [0.15, 0.2) is 24.3 Å². The van der Waals surface area contributed by atoms with Gasteiger partial charge in [0.05, 0.1) is 22.9 Å². The van der Waals surface area contributed by atoms with Gasteiger partial charge in [-0.05, 0) is 52.3 Å². The molecule has 0 radical (unpaired) electrons. The van der Waals surface area contributed by atoms with Crippen molar-refractivity contribution in [2.45, 2.75) is 51.4 Å². The second kappa shape index (κ2) is 5.23. The van der Waals surface area contributed by atoms with E-state index < -0.39 is 0 Å². The maximum atomic E-state index is 5.98. The monoisotopic (exact) mass is 286 g/mol. The van der Waals surface area contributed by atoms with Crippen LogP contribution in [0.25, 0.3) is 6.08 Å². The van der Waals surface area contributed by atoms with Crippen LogP contribution >= 0.6 is 0 Å². The Kier molecular flexibility index (Phi) is 3.68. The number of aromatic nitrogens is 1. The first-order valence-electron chi connectivity index (χ1n) is 7.61. The SMILES string of the molecule is CC1(C)OB(/C=C/c2cccnc2C2CCN2)OC1(C)C. The zero-order chi connectivity index (χ0) is 15.1. The van der Waals surface area contributed by atoms with Crippen molar-refractivity contribution in [1.82, 2.24) is 10.3 Å². The van der Waals surface area contributed by atoms with Crippen LogP contribution in [0.4, 0.5) is 0 Å². The highest BCUT2D eigenvalue weighted by molar-refractivity contribution is 6.52. The van der Waals surface area contributed by atoms with Crippen LogP contribution in [0.3, 0.4) is 0 Å². The molecular weight excluding hydrogens is 263 g/mol. The fraction of sp³-hybridized carbons (Fsp3) is 0.562. The lowest BCUT2D eigenvalue weighted by atomic mass is 9.88. The number of rotatable bonds is 3. The van der Waals surface area contributed by atoms with Crippen LogP contribution in [-0.2, 0) is 9.31 Å². The lowest BCUT2D eigenvalue weighted by molar-refractivity contribution is 0.00578. The molecule has 4 nitrogen and oxygen atoms in total. The van der Waals surface area contributed by atoms with E-state index in [1.807, 2.05) is 18.2 Å². The van der Waals surface area contributed by atoms with Crippen molar-refractivity contribution in [2.75, 3.05) is 6.54 Å². The Morgan fingerprint density at radius 3 is 2.52 bits per heavy atom. The van der Waals surface area contributed by atoms with E-state index >= 15 is 0 Å². The fourth-order valence-corrected chi connectivity index (χ4v) is 2.53. The molecule has 1 aromatic heterocycles. The Morgan fingerprint density at radius 2 is 1.95 bits per heavy atom. The van der Waals surface area contributed by atoms with E-state index in [1.54, 1.807) is 0 Å². The molecule has 5 heteroatoms. The Bertz CT molecular complexity index is 537. The molecule has 2 saturated heterocycles. The Balaban J connectivity index is 1.76. The second-order valence-corrected chi connectivity index (χ2v) is 6.76. The Morgan fingerprint density at radius 1 is 1.29 bits per heavy atom. The summed E-state index contributed by atoms with van der Waals surface area (Å²) in [5.74, 6) is 1.98. The van der Waals surface area contributed by atoms with E-state index in [-0.39, 0.29) is 18.3 Å². The van der Waals surface area contributed by atoms with Crippen LogP contribution in [0.1, 0.15) is 51.4 Å². The summed E-state index contributed by atoms with van der Waals surface area (Å²) in [5, 5.41) is 3.40. The van der Waals surface area contributed by atoms with Gasteiger partial charge >= 0.3 is 7.12 Å². The van der Waals surface area contributed by atoms with Crippen molar-refractivity contribution >= 4 is 13.2 Å². The standard InChI is InChI=1S/C16H23BN2O2/c1-15(2)16(3,4)21-17(20-15)9-7-12-6-5-10-19-14(12)13-8-11-18-13/h5-7,9-10,13,18H,8,11H2,1-4H3/b9-7+. The van der Waals surface area contributed by atoms with E-state index in [0.717, 1.165) is 24.2 Å². The molecule has 0 spiro atoms. The molecule has 3 heterocycles. The van der Waals surface area contributed by atoms with E-state index in [4.69, 9.17) is 9.31 Å². The largest absolute Gasteiger partial charge is 0.487 e. The van der Waals surface area contributed by atoms with Crippen molar-refractivity contribution in [2.24, 2.45) is 0 Å². The highest BCUT2D eigenvalue weighted by Gasteiger charge is 2.50. The first-order valence-corrected chi connectivity index (χ1v) is 7.61. The first kappa shape index (κ1) is 14.8. The molecule has 0 bridgehead atoms. The van der Waals surface area contributed by atoms with Gasteiger partial charge in [0.25, 0.3) is 0 Å². The van der Waals surface area contributed by atoms with Gasteiger partial charge in [-0.2, -0.15) is 0 Å². The summed E-state index contributed by atoms with van der Waals surface area (Å²) in [6, 6.07) is 4.43. The smallest absolute Gasteiger partial charge is 0.400 e. The molecule has 0 saturated carbocycles. The maximum absolute atomic E-state index is 5.98. The van der Waals surface area contributed by atoms with E-state index in [1.165, 1.54) is 0 Å². The van der Waals surface area contributed by atoms with E-state index in [0.29, 0.717) is 6.04 Å². The highest BCUT2D eigenvalue weighted by Crippen LogP contribution is 2.37. The number of nitrogens with one attached hydrogen (secondary N) is 1. The molecular formula is C16H23BN2O2. The molecule has 0 amide bonds. The first-order chi connectivity index (χ1) is 9.89. The zero-order valence-electron chi connectivity index (χ0n) is 13.2. The second-order valence-electron chi connectivity index (χ2n) is 6.76. The Hall–Kier alpha value is -1.17. The summed E-state index contributed by atoms with van der Waals surface area (Å²) in [6.07, 6.45) is 5.06. The average Bonchev–Trinajstić information content (AvgIpc) is 2.55. The number of pyridine rings is 1. The molecule has 1 aromatic rings. The van der Waals surface area contributed by atoms with Gasteiger partial charge < -0.3 is 14.6 Å². The van der Waals surface area contributed by atoms with Crippen molar-refractivity contribution in [3.05, 3.63) is 35.6 Å². The predicted molar refractivity (Wildman–Crippen MR) is 84.7 cm³/mol. The minimum Gasteiger partial charge on any atom is -0.400 e. The number of hydrogen-bond donors (Lipinski definition) is 1. The van der Waals surface area contributed by atoms with Gasteiger partial charge in [0.15, 0.2) is 0 Å². The maximum Gasteiger partial charge on any atom is 0.487 e. The lowest BCUT2D eigenvalue weighted by Gasteiger charge is -2.32. The van der Waals surface area contributed by atoms with Crippen molar-refractivity contribution in [1.29, 1.82) is 0 Å². The van der Waals surface area contributed by atoms with Gasteiger partial charge in [-0.15, -0.1) is 0 Å². The van der Waals surface area contributed by atoms with Crippen LogP contribution < -0.4 is 5.32 Å². The predicted octanol–water partition coefficient (Wildman–Crippen LogP) is 2.76. The van der Waals surface area contributed by atoms with E-state index in [9.17, 15) is 0 Å². The number of nitrogens with zero attached hydrogens (tertiary/aromatic N) is 1. The fourth-order valence-electron chi connectivity index (χ4n) is 2.53. The third-order valence-corrected chi connectivity index (χ3v) is 4.73. The topological polar surface area (TPSA) is 43.4 Å². The summed E-state index contributed by atoms with van der Waals surface area (Å²) >= 11 is 0. The molecule has 2 fully saturated rings. The number of hydrogen-bond acceptors (Lipinski definition) is 4. The van der Waals surface area contributed by atoms with Crippen molar-refractivity contribution in [3.63, 3.8) is 0 Å². The zero-order valence-corrected chi connectivity index (χ0v) is 13.2. The lowest BCUT2D eigenvalue weighted by Crippen LogP contribution is -2.41. The Labute approximate surface area is 127 Å². The minimum absolute atomic E-state index is 0.296. The van der Waals surface area contributed by atoms with Crippen LogP contribution in [-0.4, -0.2) is 29.8 Å². The molecule has 1 unspecified atom stereocenters. The molecule has 2 aliphatic rings. The van der Waals surface area contributed by atoms with Crippen LogP contribution in [0, 0.1) is 0 Å². The summed E-state index contributed by atoms with van der Waals surface area (Å²) in [4.78, 5) is 4.51. The van der Waals surface area contributed by atoms with Crippen LogP contribution in [0.5, 0.6) is 0 Å². The van der Waals surface area contributed by atoms with Gasteiger partial charge in [0, 0.05) is 6.20 Å². The molecule has 112 valence electrons. The van der Waals surface area contributed by atoms with Crippen molar-refractivity contribution < 1.29 is 9.31 Å². The van der Waals surface area contributed by atoms with Gasteiger partial charge in [-0.25, -0.2) is 0 Å². The summed E-state index contributed by atoms with van der Waals surface area (Å²) in [7, 11) is -0.308. The van der Waals surface area contributed by atoms with Gasteiger partial charge in [0.2, 0.25) is 0 Å². The van der Waals surface area contributed by atoms with Crippen LogP contribution in [0.2, 0.25) is 0 Å². The van der Waals surface area contributed by atoms with Gasteiger partial charge in [0.1, 0.15) is 0 Å². The third kappa shape index (κ3) is 2.78. The summed E-state index contributed by atoms with van der Waals surface area (Å²) in [5.41, 5.74) is 1.64. The molecule has 21 heavy (non-hydrogen) atoms. The molecule has 1 N–H and O–H groups in total. The van der Waals surface area contributed by atoms with Gasteiger partial charge in [-0.1, -0.05) is 18.1 Å². The average molecular weight is 286 g/mol. The normalized spacial score (nSPS) is 27.0. The van der Waals surface area contributed by atoms with Crippen molar-refractivity contribution in [3.8, 4) is 0 Å². The third-order valence-electron chi connectivity index (χ3n) is 4.73. The molecule has 0 aromatic carbocycles. The molecule has 2 aliphatic heterocycles. The van der Waals surface area contributed by atoms with E-state index in [2.05, 4.69) is 50.1 Å².